The van der Waals surface area contributed by atoms with E-state index in [2.05, 4.69) is 5.32 Å². The molecule has 0 aliphatic rings. The van der Waals surface area contributed by atoms with Crippen molar-refractivity contribution in [1.29, 1.82) is 0 Å². The maximum atomic E-state index is 13.5. The smallest absolute Gasteiger partial charge is 0.237 e. The summed E-state index contributed by atoms with van der Waals surface area (Å²) in [6, 6.07) is 4.10. The molecule has 3 nitrogen and oxygen atoms in total. The van der Waals surface area contributed by atoms with E-state index in [1.807, 2.05) is 33.8 Å². The zero-order chi connectivity index (χ0) is 14.8. The Kier molecular flexibility index (Phi) is 4.69. The molecule has 0 spiro atoms. The van der Waals surface area contributed by atoms with Crippen LogP contribution < -0.4 is 11.1 Å². The molecule has 0 aliphatic heterocycles. The minimum absolute atomic E-state index is 0.221. The molecule has 2 unspecified atom stereocenters. The van der Waals surface area contributed by atoms with Crippen LogP contribution in [-0.2, 0) is 4.79 Å². The van der Waals surface area contributed by atoms with Gasteiger partial charge in [0.2, 0.25) is 5.91 Å². The van der Waals surface area contributed by atoms with E-state index in [-0.39, 0.29) is 23.2 Å². The number of nitrogens with two attached hydrogens (primary N) is 1. The molecule has 106 valence electrons. The van der Waals surface area contributed by atoms with Gasteiger partial charge >= 0.3 is 0 Å². The molecule has 1 aromatic carbocycles. The molecule has 0 heterocycles. The summed E-state index contributed by atoms with van der Waals surface area (Å²) in [5, 5.41) is 2.82. The molecule has 0 radical (unpaired) electrons. The Morgan fingerprint density at radius 1 is 1.37 bits per heavy atom. The maximum absolute atomic E-state index is 13.5. The van der Waals surface area contributed by atoms with Gasteiger partial charge in [0.1, 0.15) is 5.82 Å². The van der Waals surface area contributed by atoms with Crippen molar-refractivity contribution >= 4 is 5.91 Å². The van der Waals surface area contributed by atoms with Crippen LogP contribution in [0.15, 0.2) is 18.2 Å². The lowest BCUT2D eigenvalue weighted by atomic mass is 9.86. The summed E-state index contributed by atoms with van der Waals surface area (Å²) in [4.78, 5) is 12.0. The van der Waals surface area contributed by atoms with Crippen LogP contribution >= 0.6 is 0 Å². The van der Waals surface area contributed by atoms with Crippen molar-refractivity contribution in [3.8, 4) is 0 Å². The number of benzene rings is 1. The first-order valence-corrected chi connectivity index (χ1v) is 6.45. The molecule has 0 bridgehead atoms. The van der Waals surface area contributed by atoms with Crippen LogP contribution in [0.2, 0.25) is 0 Å². The normalized spacial score (nSPS) is 14.9. The zero-order valence-corrected chi connectivity index (χ0v) is 12.3. The number of hydrogen-bond acceptors (Lipinski definition) is 2. The minimum atomic E-state index is -0.592. The number of halogens is 1. The highest BCUT2D eigenvalue weighted by Crippen LogP contribution is 2.20. The molecule has 0 aromatic heterocycles. The van der Waals surface area contributed by atoms with E-state index in [4.69, 9.17) is 5.73 Å². The summed E-state index contributed by atoms with van der Waals surface area (Å²) in [7, 11) is 0. The molecule has 0 aliphatic carbocycles. The monoisotopic (exact) mass is 266 g/mol. The van der Waals surface area contributed by atoms with Crippen molar-refractivity contribution in [2.24, 2.45) is 11.1 Å². The van der Waals surface area contributed by atoms with Crippen LogP contribution in [0.5, 0.6) is 0 Å². The van der Waals surface area contributed by atoms with Gasteiger partial charge in [0.05, 0.1) is 12.1 Å². The molecule has 1 amide bonds. The Bertz CT molecular complexity index is 466. The van der Waals surface area contributed by atoms with Gasteiger partial charge in [-0.3, -0.25) is 4.79 Å². The Morgan fingerprint density at radius 2 is 1.95 bits per heavy atom. The molecule has 0 saturated heterocycles. The summed E-state index contributed by atoms with van der Waals surface area (Å²) < 4.78 is 13.5. The second-order valence-corrected chi connectivity index (χ2v) is 6.08. The summed E-state index contributed by atoms with van der Waals surface area (Å²) in [5.74, 6) is -0.486. The lowest BCUT2D eigenvalue weighted by molar-refractivity contribution is -0.125. The van der Waals surface area contributed by atoms with Gasteiger partial charge in [0, 0.05) is 0 Å². The average molecular weight is 266 g/mol. The highest BCUT2D eigenvalue weighted by molar-refractivity contribution is 5.82. The van der Waals surface area contributed by atoms with E-state index in [1.54, 1.807) is 13.0 Å². The van der Waals surface area contributed by atoms with Crippen molar-refractivity contribution in [1.82, 2.24) is 5.32 Å². The standard InChI is InChI=1S/C15H23FN2O/c1-9-6-7-11(8-12(9)16)10(2)18-14(19)13(17)15(3,4)5/h6-8,10,13H,17H2,1-5H3,(H,18,19). The molecular formula is C15H23FN2O. The number of carbonyl (C=O) groups is 1. The first-order chi connectivity index (χ1) is 8.62. The first-order valence-electron chi connectivity index (χ1n) is 6.45. The third-order valence-corrected chi connectivity index (χ3v) is 3.27. The summed E-state index contributed by atoms with van der Waals surface area (Å²) in [6.45, 7) is 9.25. The fourth-order valence-corrected chi connectivity index (χ4v) is 1.66. The van der Waals surface area contributed by atoms with Gasteiger partial charge in [0.15, 0.2) is 0 Å². The van der Waals surface area contributed by atoms with Crippen LogP contribution in [0.25, 0.3) is 0 Å². The summed E-state index contributed by atoms with van der Waals surface area (Å²) in [5.41, 5.74) is 6.91. The number of nitrogens with one attached hydrogen (secondary N) is 1. The summed E-state index contributed by atoms with van der Waals surface area (Å²) in [6.07, 6.45) is 0. The second-order valence-electron chi connectivity index (χ2n) is 6.08. The van der Waals surface area contributed by atoms with Crippen molar-refractivity contribution in [2.45, 2.75) is 46.7 Å². The average Bonchev–Trinajstić information content (AvgIpc) is 2.30. The highest BCUT2D eigenvalue weighted by Gasteiger charge is 2.28. The number of aryl methyl sites for hydroxylation is 1. The van der Waals surface area contributed by atoms with Crippen molar-refractivity contribution < 1.29 is 9.18 Å². The molecule has 3 N–H and O–H groups in total. The van der Waals surface area contributed by atoms with Gasteiger partial charge < -0.3 is 11.1 Å². The summed E-state index contributed by atoms with van der Waals surface area (Å²) >= 11 is 0. The molecule has 1 rings (SSSR count). The van der Waals surface area contributed by atoms with Crippen LogP contribution in [0, 0.1) is 18.2 Å². The van der Waals surface area contributed by atoms with E-state index >= 15 is 0 Å². The fraction of sp³-hybridized carbons (Fsp3) is 0.533. The Labute approximate surface area is 114 Å². The Hall–Kier alpha value is -1.42. The molecule has 1 aromatic rings. The lowest BCUT2D eigenvalue weighted by Gasteiger charge is -2.27. The quantitative estimate of drug-likeness (QED) is 0.883. The minimum Gasteiger partial charge on any atom is -0.348 e. The van der Waals surface area contributed by atoms with Gasteiger partial charge in [-0.1, -0.05) is 32.9 Å². The van der Waals surface area contributed by atoms with Gasteiger partial charge in [-0.25, -0.2) is 4.39 Å². The van der Waals surface area contributed by atoms with Gasteiger partial charge in [-0.15, -0.1) is 0 Å². The predicted octanol–water partition coefficient (Wildman–Crippen LogP) is 2.68. The van der Waals surface area contributed by atoms with Gasteiger partial charge in [-0.2, -0.15) is 0 Å². The lowest BCUT2D eigenvalue weighted by Crippen LogP contribution is -2.49. The number of hydrogen-bond donors (Lipinski definition) is 2. The second kappa shape index (κ2) is 5.70. The molecule has 19 heavy (non-hydrogen) atoms. The first kappa shape index (κ1) is 15.6. The molecular weight excluding hydrogens is 243 g/mol. The largest absolute Gasteiger partial charge is 0.348 e. The van der Waals surface area contributed by atoms with E-state index in [0.29, 0.717) is 5.56 Å². The van der Waals surface area contributed by atoms with Gasteiger partial charge in [-0.05, 0) is 36.5 Å². The van der Waals surface area contributed by atoms with Crippen molar-refractivity contribution in [3.63, 3.8) is 0 Å². The molecule has 0 fully saturated rings. The van der Waals surface area contributed by atoms with Crippen molar-refractivity contribution in [3.05, 3.63) is 35.1 Å². The molecule has 4 heteroatoms. The predicted molar refractivity (Wildman–Crippen MR) is 75.1 cm³/mol. The van der Waals surface area contributed by atoms with E-state index in [1.165, 1.54) is 6.07 Å². The number of carbonyl (C=O) groups excluding carboxylic acids is 1. The third kappa shape index (κ3) is 4.03. The van der Waals surface area contributed by atoms with E-state index in [0.717, 1.165) is 5.56 Å². The van der Waals surface area contributed by atoms with Crippen LogP contribution in [-0.4, -0.2) is 11.9 Å². The Morgan fingerprint density at radius 3 is 2.42 bits per heavy atom. The van der Waals surface area contributed by atoms with E-state index in [9.17, 15) is 9.18 Å². The highest BCUT2D eigenvalue weighted by atomic mass is 19.1. The van der Waals surface area contributed by atoms with Gasteiger partial charge in [0.25, 0.3) is 0 Å². The Balaban J connectivity index is 2.77. The van der Waals surface area contributed by atoms with Crippen LogP contribution in [0.1, 0.15) is 44.9 Å². The number of rotatable bonds is 3. The molecule has 0 saturated carbocycles. The SMILES string of the molecule is Cc1ccc(C(C)NC(=O)C(N)C(C)(C)C)cc1F. The third-order valence-electron chi connectivity index (χ3n) is 3.27. The number of amides is 1. The fourth-order valence-electron chi connectivity index (χ4n) is 1.66. The van der Waals surface area contributed by atoms with Crippen LogP contribution in [0.3, 0.4) is 0 Å². The van der Waals surface area contributed by atoms with Crippen molar-refractivity contribution in [2.75, 3.05) is 0 Å². The maximum Gasteiger partial charge on any atom is 0.237 e. The zero-order valence-electron chi connectivity index (χ0n) is 12.3. The van der Waals surface area contributed by atoms with E-state index < -0.39 is 6.04 Å². The van der Waals surface area contributed by atoms with Crippen LogP contribution in [0.4, 0.5) is 4.39 Å². The topological polar surface area (TPSA) is 55.1 Å². The molecule has 2 atom stereocenters.